The highest BCUT2D eigenvalue weighted by Gasteiger charge is 3.01. The highest BCUT2D eigenvalue weighted by Crippen LogP contribution is 2.98. The molecular formula is C54H39N9O6. The minimum atomic E-state index is -0.880. The van der Waals surface area contributed by atoms with Crippen LogP contribution in [0.4, 0.5) is 0 Å². The van der Waals surface area contributed by atoms with Crippen LogP contribution in [0.1, 0.15) is 90.4 Å². The fraction of sp³-hybridized carbons (Fsp3) is 0.556. The molecule has 25 rings (SSSR count). The Kier molecular flexibility index (Phi) is 4.34. The molecule has 3 saturated heterocycles. The van der Waals surface area contributed by atoms with E-state index >= 15 is 0 Å². The first-order valence-corrected chi connectivity index (χ1v) is 26.0. The minimum absolute atomic E-state index is 0.0152. The summed E-state index contributed by atoms with van der Waals surface area (Å²) in [6.07, 6.45) is 13.4. The zero-order valence-electron chi connectivity index (χ0n) is 37.5. The molecule has 15 nitrogen and oxygen atoms in total. The zero-order valence-corrected chi connectivity index (χ0v) is 37.5. The van der Waals surface area contributed by atoms with Gasteiger partial charge in [0.15, 0.2) is 0 Å². The molecule has 15 heteroatoms. The van der Waals surface area contributed by atoms with Crippen LogP contribution in [-0.4, -0.2) is 99.7 Å². The predicted octanol–water partition coefficient (Wildman–Crippen LogP) is 3.37. The average Bonchev–Trinajstić information content (AvgIpc) is 4.17. The summed E-state index contributed by atoms with van der Waals surface area (Å²) in [7, 11) is 0. The van der Waals surface area contributed by atoms with Crippen molar-refractivity contribution in [2.24, 2.45) is 104 Å². The van der Waals surface area contributed by atoms with Crippen molar-refractivity contribution in [3.63, 3.8) is 0 Å². The molecule has 6 spiro atoms. The number of fused-ring (bicyclic) bond motifs is 9. The quantitative estimate of drug-likeness (QED) is 0.166. The number of aromatic nitrogens is 6. The van der Waals surface area contributed by atoms with Crippen LogP contribution in [0.3, 0.4) is 0 Å². The van der Waals surface area contributed by atoms with E-state index in [1.807, 2.05) is 20.8 Å². The fourth-order valence-corrected chi connectivity index (χ4v) is 25.8. The van der Waals surface area contributed by atoms with E-state index in [1.54, 1.807) is 0 Å². The summed E-state index contributed by atoms with van der Waals surface area (Å²) in [5, 5.41) is 0. The number of imide groups is 3. The zero-order chi connectivity index (χ0) is 45.1. The monoisotopic (exact) mass is 909 g/mol. The molecule has 3 aliphatic heterocycles. The van der Waals surface area contributed by atoms with Gasteiger partial charge < -0.3 is 0 Å². The van der Waals surface area contributed by atoms with Gasteiger partial charge >= 0.3 is 0 Å². The molecule has 6 amide bonds. The van der Waals surface area contributed by atoms with Crippen molar-refractivity contribution >= 4 is 68.5 Å². The second-order valence-electron chi connectivity index (χ2n) is 25.0. The van der Waals surface area contributed by atoms with Crippen molar-refractivity contribution in [2.75, 3.05) is 19.6 Å². The van der Waals surface area contributed by atoms with Crippen LogP contribution in [0, 0.1) is 104 Å². The van der Waals surface area contributed by atoms with Crippen molar-refractivity contribution in [2.45, 2.75) is 56.3 Å². The standard InChI is InChI=1S/C54H39N9O6/c1-4-61-43(64)49-13-7-8-14-19(13)22-25(49)31-32(26(22)50(14,49)44(61)65)56-38-37(55-31)39-41(59-35-29-23-20-15-9-11-17(20)53(29)47(68)62(5-2)45(66)51(15,53)27(23)33(35)57-39)42-40(38)58-34-28-24-21-16-10-12-18(21)54(30(24)36(34)60-42)48(69)63(6-3)46(67)52(16,28)54/h7-30H,4-6H2,1-3H3. The lowest BCUT2D eigenvalue weighted by Crippen LogP contribution is -2.51. The van der Waals surface area contributed by atoms with Gasteiger partial charge in [-0.2, -0.15) is 0 Å². The van der Waals surface area contributed by atoms with E-state index in [0.29, 0.717) is 52.7 Å². The normalized spacial score (nSPS) is 55.6. The molecule has 15 fully saturated rings. The summed E-state index contributed by atoms with van der Waals surface area (Å²) in [5.74, 6) is -1.24. The van der Waals surface area contributed by atoms with Crippen LogP contribution in [0.15, 0.2) is 36.5 Å². The number of allylic oxidation sites excluding steroid dienone is 6. The van der Waals surface area contributed by atoms with Gasteiger partial charge in [-0.05, 0) is 91.8 Å². The Bertz CT molecular complexity index is 3220. The number of hydrogen-bond donors (Lipinski definition) is 0. The minimum Gasteiger partial charge on any atom is -0.282 e. The van der Waals surface area contributed by atoms with Gasteiger partial charge in [-0.15, -0.1) is 0 Å². The molecule has 69 heavy (non-hydrogen) atoms. The number of carbonyl (C=O) groups is 6. The number of hydrogen-bond acceptors (Lipinski definition) is 12. The Balaban J connectivity index is 0.854. The summed E-state index contributed by atoms with van der Waals surface area (Å²) in [6, 6.07) is 0. The Labute approximate surface area is 390 Å². The molecule has 3 aromatic heterocycles. The Morgan fingerprint density at radius 1 is 0.319 bits per heavy atom. The largest absolute Gasteiger partial charge is 0.282 e. The van der Waals surface area contributed by atoms with Crippen LogP contribution in [-0.2, 0) is 28.8 Å². The molecule has 18 atom stereocenters. The van der Waals surface area contributed by atoms with Crippen LogP contribution >= 0.6 is 0 Å². The van der Waals surface area contributed by atoms with Gasteiger partial charge in [-0.25, -0.2) is 29.9 Å². The van der Waals surface area contributed by atoms with Crippen molar-refractivity contribution in [1.29, 1.82) is 0 Å². The number of benzene rings is 1. The summed E-state index contributed by atoms with van der Waals surface area (Å²) in [4.78, 5) is 129. The molecule has 4 aromatic rings. The van der Waals surface area contributed by atoms with Gasteiger partial charge in [0.05, 0.1) is 66.7 Å². The lowest BCUT2D eigenvalue weighted by molar-refractivity contribution is -0.144. The summed E-state index contributed by atoms with van der Waals surface area (Å²) >= 11 is 0. The number of rotatable bonds is 3. The molecule has 0 N–H and O–H groups in total. The maximum absolute atomic E-state index is 15.0. The lowest BCUT2D eigenvalue weighted by atomic mass is 9.53. The maximum atomic E-state index is 15.0. The molecule has 12 saturated carbocycles. The maximum Gasteiger partial charge on any atom is 0.237 e. The van der Waals surface area contributed by atoms with E-state index in [9.17, 15) is 28.8 Å². The highest BCUT2D eigenvalue weighted by atomic mass is 16.2. The molecule has 21 aliphatic rings. The number of likely N-dealkylation sites (tertiary alicyclic amines) is 3. The molecule has 24 bridgehead atoms. The number of nitrogens with zero attached hydrogens (tertiary/aromatic N) is 9. The number of amides is 6. The number of carbonyl (C=O) groups excluding carboxylic acids is 6. The van der Waals surface area contributed by atoms with E-state index in [4.69, 9.17) is 29.9 Å². The van der Waals surface area contributed by atoms with Gasteiger partial charge in [0.1, 0.15) is 33.1 Å². The highest BCUT2D eigenvalue weighted by molar-refractivity contribution is 6.21. The first kappa shape index (κ1) is 34.2. The second-order valence-corrected chi connectivity index (χ2v) is 25.0. The Morgan fingerprint density at radius 3 is 0.652 bits per heavy atom. The summed E-state index contributed by atoms with van der Waals surface area (Å²) in [6.45, 7) is 6.67. The van der Waals surface area contributed by atoms with Crippen LogP contribution in [0.25, 0.3) is 33.1 Å². The third-order valence-electron chi connectivity index (χ3n) is 25.7. The van der Waals surface area contributed by atoms with E-state index in [0.717, 1.165) is 34.2 Å². The van der Waals surface area contributed by atoms with Crippen LogP contribution in [0.5, 0.6) is 0 Å². The van der Waals surface area contributed by atoms with Gasteiger partial charge in [0.25, 0.3) is 0 Å². The smallest absolute Gasteiger partial charge is 0.237 e. The van der Waals surface area contributed by atoms with Crippen molar-refractivity contribution < 1.29 is 28.8 Å². The first-order chi connectivity index (χ1) is 33.6. The van der Waals surface area contributed by atoms with Crippen molar-refractivity contribution in [3.05, 3.63) is 70.6 Å². The topological polar surface area (TPSA) is 189 Å². The van der Waals surface area contributed by atoms with E-state index < -0.39 is 32.5 Å². The summed E-state index contributed by atoms with van der Waals surface area (Å²) < 4.78 is 0. The van der Waals surface area contributed by atoms with Crippen LogP contribution < -0.4 is 0 Å². The molecule has 6 heterocycles. The average molecular weight is 910 g/mol. The van der Waals surface area contributed by atoms with Crippen molar-refractivity contribution in [3.8, 4) is 0 Å². The molecular weight excluding hydrogens is 871 g/mol. The van der Waals surface area contributed by atoms with E-state index in [2.05, 4.69) is 36.5 Å². The SMILES string of the molecule is CCN1C(=O)C23C4C=CC5C4C4C2c2nc6c7nc8c(nc7c7nc9c(nc7c6nc2C4C53C1=O)C1C2C3C4C=CC3C3(C(=O)N(CC)C(=O)C413)C92)C1C2C3C4C=CC3C13C(=O)N(CC)C(=O)C43C82. The van der Waals surface area contributed by atoms with Gasteiger partial charge in [0.2, 0.25) is 35.4 Å². The molecule has 0 radical (unpaired) electrons. The predicted molar refractivity (Wildman–Crippen MR) is 233 cm³/mol. The second kappa shape index (κ2) is 8.75. The molecule has 336 valence electrons. The lowest BCUT2D eigenvalue weighted by Gasteiger charge is -2.46. The third-order valence-corrected chi connectivity index (χ3v) is 25.7. The van der Waals surface area contributed by atoms with Gasteiger partial charge in [-0.3, -0.25) is 43.5 Å². The molecule has 1 aromatic carbocycles. The third kappa shape index (κ3) is 2.20. The van der Waals surface area contributed by atoms with E-state index in [-0.39, 0.29) is 142 Å². The Hall–Kier alpha value is -6.12. The fourth-order valence-electron chi connectivity index (χ4n) is 25.8. The van der Waals surface area contributed by atoms with E-state index in [1.165, 1.54) is 14.7 Å². The Morgan fingerprint density at radius 2 is 0.493 bits per heavy atom. The van der Waals surface area contributed by atoms with Gasteiger partial charge in [0, 0.05) is 55.1 Å². The van der Waals surface area contributed by atoms with Gasteiger partial charge in [-0.1, -0.05) is 36.5 Å². The van der Waals surface area contributed by atoms with Crippen LogP contribution in [0.2, 0.25) is 0 Å². The first-order valence-electron chi connectivity index (χ1n) is 26.0. The molecule has 18 unspecified atom stereocenters. The molecule has 18 aliphatic carbocycles. The van der Waals surface area contributed by atoms with Crippen molar-refractivity contribution in [1.82, 2.24) is 44.6 Å². The summed E-state index contributed by atoms with van der Waals surface area (Å²) in [5.41, 5.74) is 2.66.